The number of aryl methyl sites for hydroxylation is 1. The van der Waals surface area contributed by atoms with Gasteiger partial charge in [-0.05, 0) is 37.8 Å². The molecule has 0 aliphatic carbocycles. The van der Waals surface area contributed by atoms with Crippen molar-refractivity contribution in [3.05, 3.63) is 23.0 Å². The Kier molecular flexibility index (Phi) is 5.60. The molecule has 1 aromatic rings. The molecule has 4 heteroatoms. The standard InChI is InChI=1S/C15H27N3O/c1-10(2)7-14(15(19)16-5)17-9-13-8-11(3)18(6)12(13)4/h8,10,14,17H,7,9H2,1-6H3,(H,16,19). The summed E-state index contributed by atoms with van der Waals surface area (Å²) in [6.07, 6.45) is 0.852. The van der Waals surface area contributed by atoms with Gasteiger partial charge in [0.05, 0.1) is 6.04 Å². The van der Waals surface area contributed by atoms with Crippen molar-refractivity contribution in [2.45, 2.75) is 46.7 Å². The average Bonchev–Trinajstić information content (AvgIpc) is 2.60. The highest BCUT2D eigenvalue weighted by Crippen LogP contribution is 2.14. The molecule has 0 saturated heterocycles. The minimum Gasteiger partial charge on any atom is -0.358 e. The quantitative estimate of drug-likeness (QED) is 0.825. The Morgan fingerprint density at radius 1 is 1.37 bits per heavy atom. The fourth-order valence-corrected chi connectivity index (χ4v) is 2.27. The summed E-state index contributed by atoms with van der Waals surface area (Å²) < 4.78 is 2.17. The zero-order valence-corrected chi connectivity index (χ0v) is 13.0. The second-order valence-corrected chi connectivity index (χ2v) is 5.63. The van der Waals surface area contributed by atoms with E-state index >= 15 is 0 Å². The van der Waals surface area contributed by atoms with Crippen LogP contribution in [-0.2, 0) is 18.4 Å². The lowest BCUT2D eigenvalue weighted by Crippen LogP contribution is -2.43. The van der Waals surface area contributed by atoms with Gasteiger partial charge < -0.3 is 15.2 Å². The highest BCUT2D eigenvalue weighted by molar-refractivity contribution is 5.81. The Morgan fingerprint density at radius 3 is 2.42 bits per heavy atom. The molecule has 0 aliphatic rings. The molecule has 0 spiro atoms. The summed E-state index contributed by atoms with van der Waals surface area (Å²) >= 11 is 0. The summed E-state index contributed by atoms with van der Waals surface area (Å²) in [6.45, 7) is 9.21. The van der Waals surface area contributed by atoms with E-state index in [1.807, 2.05) is 0 Å². The van der Waals surface area contributed by atoms with Gasteiger partial charge in [-0.2, -0.15) is 0 Å². The summed E-state index contributed by atoms with van der Waals surface area (Å²) in [5, 5.41) is 6.11. The van der Waals surface area contributed by atoms with Crippen molar-refractivity contribution < 1.29 is 4.79 Å². The van der Waals surface area contributed by atoms with Crippen LogP contribution in [0, 0.1) is 19.8 Å². The second kappa shape index (κ2) is 6.75. The molecule has 1 amide bonds. The Bertz CT molecular complexity index is 435. The number of rotatable bonds is 6. The number of nitrogens with zero attached hydrogens (tertiary/aromatic N) is 1. The molecule has 1 aromatic heterocycles. The zero-order chi connectivity index (χ0) is 14.6. The minimum absolute atomic E-state index is 0.0685. The Balaban J connectivity index is 2.70. The number of carbonyl (C=O) groups excluding carboxylic acids is 1. The van der Waals surface area contributed by atoms with E-state index in [-0.39, 0.29) is 11.9 Å². The van der Waals surface area contributed by atoms with Crippen molar-refractivity contribution in [3.8, 4) is 0 Å². The molecule has 1 unspecified atom stereocenters. The predicted molar refractivity (Wildman–Crippen MR) is 79.0 cm³/mol. The van der Waals surface area contributed by atoms with E-state index in [0.717, 1.165) is 13.0 Å². The maximum absolute atomic E-state index is 11.8. The Hall–Kier alpha value is -1.29. The van der Waals surface area contributed by atoms with Gasteiger partial charge in [-0.1, -0.05) is 13.8 Å². The van der Waals surface area contributed by atoms with Crippen molar-refractivity contribution in [2.75, 3.05) is 7.05 Å². The number of hydrogen-bond donors (Lipinski definition) is 2. The van der Waals surface area contributed by atoms with Gasteiger partial charge in [0, 0.05) is 32.0 Å². The summed E-state index contributed by atoms with van der Waals surface area (Å²) in [6, 6.07) is 2.06. The van der Waals surface area contributed by atoms with Gasteiger partial charge in [-0.3, -0.25) is 4.79 Å². The van der Waals surface area contributed by atoms with Crippen LogP contribution in [0.5, 0.6) is 0 Å². The van der Waals surface area contributed by atoms with E-state index in [4.69, 9.17) is 0 Å². The van der Waals surface area contributed by atoms with Gasteiger partial charge in [-0.25, -0.2) is 0 Å². The van der Waals surface area contributed by atoms with Crippen LogP contribution in [0.25, 0.3) is 0 Å². The van der Waals surface area contributed by atoms with Gasteiger partial charge in [0.25, 0.3) is 0 Å². The van der Waals surface area contributed by atoms with Crippen molar-refractivity contribution in [2.24, 2.45) is 13.0 Å². The van der Waals surface area contributed by atoms with Gasteiger partial charge in [-0.15, -0.1) is 0 Å². The van der Waals surface area contributed by atoms with Crippen LogP contribution in [0.1, 0.15) is 37.2 Å². The number of amides is 1. The fraction of sp³-hybridized carbons (Fsp3) is 0.667. The molecule has 1 rings (SSSR count). The first kappa shape index (κ1) is 15.8. The number of nitrogens with one attached hydrogen (secondary N) is 2. The van der Waals surface area contributed by atoms with Crippen molar-refractivity contribution in [1.82, 2.24) is 15.2 Å². The number of likely N-dealkylation sites (N-methyl/N-ethyl adjacent to an activating group) is 1. The molecular formula is C15H27N3O. The lowest BCUT2D eigenvalue weighted by molar-refractivity contribution is -0.123. The Morgan fingerprint density at radius 2 is 2.00 bits per heavy atom. The van der Waals surface area contributed by atoms with Crippen LogP contribution in [-0.4, -0.2) is 23.6 Å². The van der Waals surface area contributed by atoms with Crippen molar-refractivity contribution in [1.29, 1.82) is 0 Å². The van der Waals surface area contributed by atoms with E-state index in [2.05, 4.69) is 56.0 Å². The van der Waals surface area contributed by atoms with Crippen LogP contribution >= 0.6 is 0 Å². The van der Waals surface area contributed by atoms with Gasteiger partial charge >= 0.3 is 0 Å². The minimum atomic E-state index is -0.120. The van der Waals surface area contributed by atoms with Crippen molar-refractivity contribution in [3.63, 3.8) is 0 Å². The van der Waals surface area contributed by atoms with E-state index in [1.54, 1.807) is 7.05 Å². The predicted octanol–water partition coefficient (Wildman–Crippen LogP) is 1.89. The topological polar surface area (TPSA) is 46.1 Å². The molecule has 0 aliphatic heterocycles. The third kappa shape index (κ3) is 4.10. The first-order valence-corrected chi connectivity index (χ1v) is 6.93. The van der Waals surface area contributed by atoms with Gasteiger partial charge in [0.1, 0.15) is 0 Å². The van der Waals surface area contributed by atoms with Crippen molar-refractivity contribution >= 4 is 5.91 Å². The largest absolute Gasteiger partial charge is 0.358 e. The van der Waals surface area contributed by atoms with Crippen LogP contribution in [0.15, 0.2) is 6.07 Å². The molecule has 1 heterocycles. The van der Waals surface area contributed by atoms with Gasteiger partial charge in [0.2, 0.25) is 5.91 Å². The van der Waals surface area contributed by atoms with Crippen LogP contribution in [0.4, 0.5) is 0 Å². The third-order valence-corrected chi connectivity index (χ3v) is 3.69. The lowest BCUT2D eigenvalue weighted by atomic mass is 10.0. The Labute approximate surface area is 116 Å². The van der Waals surface area contributed by atoms with E-state index in [0.29, 0.717) is 5.92 Å². The smallest absolute Gasteiger partial charge is 0.236 e. The lowest BCUT2D eigenvalue weighted by Gasteiger charge is -2.19. The molecule has 0 bridgehead atoms. The van der Waals surface area contributed by atoms with E-state index in [1.165, 1.54) is 17.0 Å². The second-order valence-electron chi connectivity index (χ2n) is 5.63. The van der Waals surface area contributed by atoms with Crippen LogP contribution in [0.3, 0.4) is 0 Å². The molecule has 4 nitrogen and oxygen atoms in total. The van der Waals surface area contributed by atoms with Gasteiger partial charge in [0.15, 0.2) is 0 Å². The molecule has 0 fully saturated rings. The fourth-order valence-electron chi connectivity index (χ4n) is 2.27. The third-order valence-electron chi connectivity index (χ3n) is 3.69. The summed E-state index contributed by atoms with van der Waals surface area (Å²) in [5.74, 6) is 0.562. The SMILES string of the molecule is CNC(=O)C(CC(C)C)NCc1cc(C)n(C)c1C. The number of aromatic nitrogens is 1. The average molecular weight is 265 g/mol. The van der Waals surface area contributed by atoms with Crippen LogP contribution in [0.2, 0.25) is 0 Å². The number of carbonyl (C=O) groups is 1. The van der Waals surface area contributed by atoms with E-state index < -0.39 is 0 Å². The molecule has 0 aromatic carbocycles. The summed E-state index contributed by atoms with van der Waals surface area (Å²) in [7, 11) is 3.76. The highest BCUT2D eigenvalue weighted by Gasteiger charge is 2.18. The first-order chi connectivity index (χ1) is 8.86. The molecule has 2 N–H and O–H groups in total. The maximum atomic E-state index is 11.8. The molecule has 19 heavy (non-hydrogen) atoms. The zero-order valence-electron chi connectivity index (χ0n) is 13.0. The first-order valence-electron chi connectivity index (χ1n) is 6.93. The molecule has 0 radical (unpaired) electrons. The molecule has 108 valence electrons. The molecular weight excluding hydrogens is 238 g/mol. The summed E-state index contributed by atoms with van der Waals surface area (Å²) in [4.78, 5) is 11.8. The highest BCUT2D eigenvalue weighted by atomic mass is 16.2. The molecule has 0 saturated carbocycles. The summed E-state index contributed by atoms with van der Waals surface area (Å²) in [5.41, 5.74) is 3.76. The maximum Gasteiger partial charge on any atom is 0.236 e. The number of hydrogen-bond acceptors (Lipinski definition) is 2. The molecule has 1 atom stereocenters. The van der Waals surface area contributed by atoms with Crippen LogP contribution < -0.4 is 10.6 Å². The normalized spacial score (nSPS) is 12.8. The monoisotopic (exact) mass is 265 g/mol. The van der Waals surface area contributed by atoms with E-state index in [9.17, 15) is 4.79 Å².